The molecule has 3 N–H and O–H groups in total. The van der Waals surface area contributed by atoms with Crippen molar-refractivity contribution in [2.24, 2.45) is 0 Å². The molecule has 2 aromatic heterocycles. The molecule has 0 atom stereocenters. The highest BCUT2D eigenvalue weighted by Gasteiger charge is 2.32. The molecule has 2 aliphatic carbocycles. The van der Waals surface area contributed by atoms with E-state index >= 15 is 0 Å². The van der Waals surface area contributed by atoms with Gasteiger partial charge in [-0.15, -0.1) is 10.2 Å². The number of thioether (sulfide) groups is 1. The van der Waals surface area contributed by atoms with E-state index in [2.05, 4.69) is 33.6 Å². The first-order valence-corrected chi connectivity index (χ1v) is 10.1. The summed E-state index contributed by atoms with van der Waals surface area (Å²) < 4.78 is 3.42. The first-order valence-electron chi connectivity index (χ1n) is 9.13. The number of aromatic amines is 1. The van der Waals surface area contributed by atoms with Gasteiger partial charge in [0.2, 0.25) is 0 Å². The Morgan fingerprint density at radius 2 is 1.81 bits per heavy atom. The van der Waals surface area contributed by atoms with E-state index in [1.807, 2.05) is 0 Å². The second-order valence-corrected chi connectivity index (χ2v) is 8.37. The van der Waals surface area contributed by atoms with Gasteiger partial charge in [-0.25, -0.2) is 4.79 Å². The third kappa shape index (κ3) is 3.33. The van der Waals surface area contributed by atoms with E-state index in [0.717, 1.165) is 31.5 Å². The molecule has 0 amide bonds. The monoisotopic (exact) mass is 390 g/mol. The second kappa shape index (κ2) is 6.66. The third-order valence-corrected chi connectivity index (χ3v) is 5.77. The van der Waals surface area contributed by atoms with Crippen LogP contribution >= 0.6 is 11.8 Å². The summed E-state index contributed by atoms with van der Waals surface area (Å²) in [5.41, 5.74) is 4.58. The highest BCUT2D eigenvalue weighted by atomic mass is 32.2. The molecule has 2 fully saturated rings. The summed E-state index contributed by atoms with van der Waals surface area (Å²) in [4.78, 5) is 39.1. The Morgan fingerprint density at radius 1 is 1.19 bits per heavy atom. The molecule has 27 heavy (non-hydrogen) atoms. The van der Waals surface area contributed by atoms with Crippen molar-refractivity contribution < 1.29 is 4.79 Å². The fourth-order valence-corrected chi connectivity index (χ4v) is 4.07. The lowest BCUT2D eigenvalue weighted by atomic mass is 10.2. The van der Waals surface area contributed by atoms with Gasteiger partial charge >= 0.3 is 5.69 Å². The Balaban J connectivity index is 1.59. The smallest absolute Gasteiger partial charge is 0.330 e. The summed E-state index contributed by atoms with van der Waals surface area (Å²) in [7, 11) is 0. The van der Waals surface area contributed by atoms with Gasteiger partial charge in [-0.3, -0.25) is 19.1 Å². The van der Waals surface area contributed by atoms with Crippen LogP contribution in [0.25, 0.3) is 0 Å². The Hall–Kier alpha value is -2.36. The number of hydrogen-bond acceptors (Lipinski definition) is 7. The summed E-state index contributed by atoms with van der Waals surface area (Å²) in [5, 5.41) is 9.17. The minimum absolute atomic E-state index is 0.0130. The van der Waals surface area contributed by atoms with Gasteiger partial charge in [0, 0.05) is 18.0 Å². The molecule has 2 aliphatic rings. The van der Waals surface area contributed by atoms with Crippen LogP contribution in [-0.2, 0) is 0 Å². The average Bonchev–Trinajstić information content (AvgIpc) is 3.51. The predicted octanol–water partition coefficient (Wildman–Crippen LogP) is 1.48. The minimum Gasteiger partial charge on any atom is -0.384 e. The van der Waals surface area contributed by atoms with E-state index in [9.17, 15) is 14.4 Å². The van der Waals surface area contributed by atoms with Crippen LogP contribution in [0.2, 0.25) is 0 Å². The maximum atomic E-state index is 12.7. The second-order valence-electron chi connectivity index (χ2n) is 7.43. The highest BCUT2D eigenvalue weighted by Crippen LogP contribution is 2.40. The quantitative estimate of drug-likeness (QED) is 0.541. The summed E-state index contributed by atoms with van der Waals surface area (Å²) in [5.74, 6) is 0.711. The number of aromatic nitrogens is 5. The van der Waals surface area contributed by atoms with Crippen molar-refractivity contribution in [2.75, 3.05) is 11.5 Å². The molecule has 10 heteroatoms. The summed E-state index contributed by atoms with van der Waals surface area (Å²) >= 11 is 1.25. The van der Waals surface area contributed by atoms with Gasteiger partial charge in [-0.05, 0) is 25.7 Å². The van der Waals surface area contributed by atoms with Crippen LogP contribution in [0, 0.1) is 0 Å². The van der Waals surface area contributed by atoms with Crippen molar-refractivity contribution in [1.82, 2.24) is 24.3 Å². The molecule has 4 rings (SSSR count). The Bertz CT molecular complexity index is 1010. The van der Waals surface area contributed by atoms with Gasteiger partial charge in [0.25, 0.3) is 5.56 Å². The molecular weight excluding hydrogens is 368 g/mol. The Labute approximate surface area is 159 Å². The fourth-order valence-electron chi connectivity index (χ4n) is 3.19. The molecule has 9 nitrogen and oxygen atoms in total. The molecule has 0 bridgehead atoms. The molecule has 2 aromatic rings. The lowest BCUT2D eigenvalue weighted by Gasteiger charge is -2.12. The largest absolute Gasteiger partial charge is 0.384 e. The number of nitrogens with two attached hydrogens (primary N) is 1. The normalized spacial score (nSPS) is 16.9. The number of nitrogen functional groups attached to an aromatic ring is 1. The van der Waals surface area contributed by atoms with E-state index in [4.69, 9.17) is 5.73 Å². The molecule has 2 heterocycles. The zero-order chi connectivity index (χ0) is 19.3. The topological polar surface area (TPSA) is 129 Å². The number of carbonyl (C=O) groups excluding carboxylic acids is 1. The summed E-state index contributed by atoms with van der Waals surface area (Å²) in [6.45, 7) is 4.12. The van der Waals surface area contributed by atoms with E-state index < -0.39 is 17.0 Å². The molecule has 0 saturated heterocycles. The number of rotatable bonds is 7. The molecule has 2 saturated carbocycles. The first kappa shape index (κ1) is 18.0. The van der Waals surface area contributed by atoms with E-state index in [1.165, 1.54) is 16.3 Å². The predicted molar refractivity (Wildman–Crippen MR) is 101 cm³/mol. The zero-order valence-corrected chi connectivity index (χ0v) is 16.1. The molecule has 0 spiro atoms. The standard InChI is InChI=1S/C17H22N6O3S/c1-8(2)14-20-21-17(23(14)10-5-6-10)27-7-11(24)12-13(18)22(9-3-4-9)16(26)19-15(12)25/h8-10H,3-7,18H2,1-2H3,(H,19,25,26). The van der Waals surface area contributed by atoms with Gasteiger partial charge in [-0.2, -0.15) is 0 Å². The number of hydrogen-bond donors (Lipinski definition) is 2. The molecule has 0 radical (unpaired) electrons. The first-order chi connectivity index (χ1) is 12.9. The van der Waals surface area contributed by atoms with E-state index in [-0.39, 0.29) is 29.1 Å². The van der Waals surface area contributed by atoms with E-state index in [1.54, 1.807) is 0 Å². The summed E-state index contributed by atoms with van der Waals surface area (Å²) in [6.07, 6.45) is 3.80. The molecule has 0 aliphatic heterocycles. The molecule has 144 valence electrons. The van der Waals surface area contributed by atoms with E-state index in [0.29, 0.717) is 11.2 Å². The number of Topliss-reactive ketones (excluding diaryl/α,β-unsaturated/α-hetero) is 1. The van der Waals surface area contributed by atoms with Crippen molar-refractivity contribution in [2.45, 2.75) is 62.7 Å². The minimum atomic E-state index is -0.730. The number of H-pyrrole nitrogens is 1. The lowest BCUT2D eigenvalue weighted by molar-refractivity contribution is 0.102. The van der Waals surface area contributed by atoms with Crippen molar-refractivity contribution in [3.63, 3.8) is 0 Å². The average molecular weight is 390 g/mol. The Morgan fingerprint density at radius 3 is 2.41 bits per heavy atom. The zero-order valence-electron chi connectivity index (χ0n) is 15.3. The number of nitrogens with one attached hydrogen (secondary N) is 1. The van der Waals surface area contributed by atoms with Crippen LogP contribution in [0.1, 0.15) is 73.7 Å². The van der Waals surface area contributed by atoms with Crippen molar-refractivity contribution in [3.05, 3.63) is 32.2 Å². The number of anilines is 1. The number of carbonyl (C=O) groups is 1. The van der Waals surface area contributed by atoms with Gasteiger partial charge in [-0.1, -0.05) is 25.6 Å². The van der Waals surface area contributed by atoms with Gasteiger partial charge < -0.3 is 10.3 Å². The fraction of sp³-hybridized carbons (Fsp3) is 0.588. The van der Waals surface area contributed by atoms with Crippen LogP contribution < -0.4 is 17.0 Å². The van der Waals surface area contributed by atoms with Gasteiger partial charge in [0.1, 0.15) is 17.2 Å². The SMILES string of the molecule is CC(C)c1nnc(SCC(=O)c2c(N)n(C3CC3)c(=O)[nH]c2=O)n1C1CC1. The van der Waals surface area contributed by atoms with Crippen LogP contribution in [0.4, 0.5) is 5.82 Å². The maximum absolute atomic E-state index is 12.7. The molecule has 0 unspecified atom stereocenters. The van der Waals surface area contributed by atoms with Gasteiger partial charge in [0.15, 0.2) is 10.9 Å². The number of nitrogens with zero attached hydrogens (tertiary/aromatic N) is 4. The summed E-state index contributed by atoms with van der Waals surface area (Å²) in [6, 6.07) is 0.361. The van der Waals surface area contributed by atoms with Crippen LogP contribution in [-0.4, -0.2) is 35.9 Å². The maximum Gasteiger partial charge on any atom is 0.330 e. The van der Waals surface area contributed by atoms with Gasteiger partial charge in [0.05, 0.1) is 5.75 Å². The van der Waals surface area contributed by atoms with Crippen LogP contribution in [0.5, 0.6) is 0 Å². The third-order valence-electron chi connectivity index (χ3n) is 4.82. The Kier molecular flexibility index (Phi) is 4.45. The molecular formula is C17H22N6O3S. The van der Waals surface area contributed by atoms with Crippen molar-refractivity contribution in [3.8, 4) is 0 Å². The van der Waals surface area contributed by atoms with Crippen molar-refractivity contribution in [1.29, 1.82) is 0 Å². The van der Waals surface area contributed by atoms with Crippen LogP contribution in [0.15, 0.2) is 14.7 Å². The highest BCUT2D eigenvalue weighted by molar-refractivity contribution is 7.99. The molecule has 0 aromatic carbocycles. The van der Waals surface area contributed by atoms with Crippen molar-refractivity contribution >= 4 is 23.4 Å². The van der Waals surface area contributed by atoms with Crippen LogP contribution in [0.3, 0.4) is 0 Å². The number of ketones is 1. The lowest BCUT2D eigenvalue weighted by Crippen LogP contribution is -2.36.